The number of hydrogen-bond acceptors (Lipinski definition) is 10. The Labute approximate surface area is 224 Å². The maximum Gasteiger partial charge on any atom is 0.341 e. The molecule has 1 aromatic heterocycles. The Morgan fingerprint density at radius 3 is 2.84 bits per heavy atom. The quantitative estimate of drug-likeness (QED) is 0.469. The number of thioether (sulfide) groups is 2. The second kappa shape index (κ2) is 11.1. The van der Waals surface area contributed by atoms with Gasteiger partial charge < -0.3 is 20.1 Å². The highest BCUT2D eigenvalue weighted by molar-refractivity contribution is 8.15. The minimum absolute atomic E-state index is 0.0765. The van der Waals surface area contributed by atoms with Crippen LogP contribution < -0.4 is 14.4 Å². The van der Waals surface area contributed by atoms with Gasteiger partial charge >= 0.3 is 5.97 Å². The third-order valence-electron chi connectivity index (χ3n) is 6.48. The first-order valence-electron chi connectivity index (χ1n) is 12.0. The summed E-state index contributed by atoms with van der Waals surface area (Å²) in [6, 6.07) is 7.96. The van der Waals surface area contributed by atoms with Gasteiger partial charge in [0.1, 0.15) is 5.75 Å². The Hall–Kier alpha value is -2.48. The van der Waals surface area contributed by atoms with Crippen LogP contribution in [0.15, 0.2) is 46.5 Å². The molecule has 13 heteroatoms. The van der Waals surface area contributed by atoms with Gasteiger partial charge in [-0.2, -0.15) is 20.2 Å². The van der Waals surface area contributed by atoms with E-state index in [0.717, 1.165) is 41.1 Å². The zero-order chi connectivity index (χ0) is 26.0. The number of sulfonamides is 1. The molecule has 2 N–H and O–H groups in total. The number of aliphatic carboxylic acids is 1. The molecule has 0 spiro atoms. The summed E-state index contributed by atoms with van der Waals surface area (Å²) in [5.74, 6) is 1.54. The number of carbonyl (C=O) groups is 1. The van der Waals surface area contributed by atoms with Crippen LogP contribution in [0.3, 0.4) is 0 Å². The molecule has 0 amide bonds. The number of carboxylic acids is 1. The lowest BCUT2D eigenvalue weighted by atomic mass is 10.1. The molecule has 4 heterocycles. The molecular formula is C24H29N5O5S3. The SMILES string of the molecule is CN(c1cc(OCC(=O)O)cc2c1NC(C1=NCC(CN3CCSCC3)S1)C2)S(=O)(=O)c1ccccn1. The summed E-state index contributed by atoms with van der Waals surface area (Å²) in [7, 11) is -2.49. The molecule has 3 aliphatic heterocycles. The van der Waals surface area contributed by atoms with Crippen LogP contribution in [0.25, 0.3) is 0 Å². The summed E-state index contributed by atoms with van der Waals surface area (Å²) in [5.41, 5.74) is 1.90. The van der Waals surface area contributed by atoms with Crippen LogP contribution in [-0.4, -0.2) is 97.1 Å². The van der Waals surface area contributed by atoms with E-state index in [0.29, 0.717) is 28.8 Å². The van der Waals surface area contributed by atoms with Gasteiger partial charge in [-0.05, 0) is 23.8 Å². The van der Waals surface area contributed by atoms with Crippen molar-refractivity contribution >= 4 is 55.9 Å². The molecule has 0 aliphatic carbocycles. The number of rotatable bonds is 9. The molecule has 10 nitrogen and oxygen atoms in total. The summed E-state index contributed by atoms with van der Waals surface area (Å²) >= 11 is 3.80. The van der Waals surface area contributed by atoms with Crippen LogP contribution in [0.4, 0.5) is 11.4 Å². The lowest BCUT2D eigenvalue weighted by Crippen LogP contribution is -2.38. The molecule has 3 aliphatic rings. The van der Waals surface area contributed by atoms with Crippen molar-refractivity contribution in [2.45, 2.75) is 22.7 Å². The van der Waals surface area contributed by atoms with Crippen molar-refractivity contribution in [3.63, 3.8) is 0 Å². The predicted molar refractivity (Wildman–Crippen MR) is 148 cm³/mol. The number of fused-ring (bicyclic) bond motifs is 1. The predicted octanol–water partition coefficient (Wildman–Crippen LogP) is 2.27. The average Bonchev–Trinajstić information content (AvgIpc) is 3.54. The maximum atomic E-state index is 13.3. The molecule has 1 saturated heterocycles. The highest BCUT2D eigenvalue weighted by Gasteiger charge is 2.35. The number of carboxylic acid groups (broad SMARTS) is 1. The largest absolute Gasteiger partial charge is 0.482 e. The number of nitrogens with one attached hydrogen (secondary N) is 1. The van der Waals surface area contributed by atoms with Gasteiger partial charge in [-0.3, -0.25) is 9.30 Å². The van der Waals surface area contributed by atoms with E-state index in [4.69, 9.17) is 14.8 Å². The molecule has 2 unspecified atom stereocenters. The Morgan fingerprint density at radius 2 is 2.11 bits per heavy atom. The lowest BCUT2D eigenvalue weighted by molar-refractivity contribution is -0.139. The topological polar surface area (TPSA) is 124 Å². The van der Waals surface area contributed by atoms with E-state index in [1.54, 1.807) is 36.0 Å². The number of aliphatic imine (C=N–C) groups is 1. The summed E-state index contributed by atoms with van der Waals surface area (Å²) < 4.78 is 33.3. The van der Waals surface area contributed by atoms with Gasteiger partial charge in [0.2, 0.25) is 0 Å². The third-order valence-corrected chi connectivity index (χ3v) is 10.4. The number of hydrogen-bond donors (Lipinski definition) is 2. The van der Waals surface area contributed by atoms with Crippen molar-refractivity contribution in [1.82, 2.24) is 9.88 Å². The van der Waals surface area contributed by atoms with Crippen molar-refractivity contribution in [1.29, 1.82) is 0 Å². The van der Waals surface area contributed by atoms with Gasteiger partial charge in [0.05, 0.1) is 29.0 Å². The molecule has 198 valence electrons. The van der Waals surface area contributed by atoms with Crippen LogP contribution in [0.1, 0.15) is 5.56 Å². The molecule has 5 rings (SSSR count). The van der Waals surface area contributed by atoms with Crippen molar-refractivity contribution < 1.29 is 23.1 Å². The minimum Gasteiger partial charge on any atom is -0.482 e. The second-order valence-corrected chi connectivity index (χ2v) is 13.5. The average molecular weight is 564 g/mol. The molecule has 0 saturated carbocycles. The van der Waals surface area contributed by atoms with Gasteiger partial charge in [-0.15, -0.1) is 11.8 Å². The van der Waals surface area contributed by atoms with E-state index in [9.17, 15) is 13.2 Å². The number of pyridine rings is 1. The smallest absolute Gasteiger partial charge is 0.341 e. The fourth-order valence-electron chi connectivity index (χ4n) is 4.62. The van der Waals surface area contributed by atoms with Gasteiger partial charge in [-0.25, -0.2) is 9.78 Å². The monoisotopic (exact) mass is 563 g/mol. The van der Waals surface area contributed by atoms with Crippen molar-refractivity contribution in [3.8, 4) is 5.75 Å². The van der Waals surface area contributed by atoms with E-state index in [1.807, 2.05) is 11.8 Å². The van der Waals surface area contributed by atoms with E-state index in [2.05, 4.69) is 15.2 Å². The first kappa shape index (κ1) is 26.1. The molecule has 37 heavy (non-hydrogen) atoms. The summed E-state index contributed by atoms with van der Waals surface area (Å²) in [5, 5.41) is 13.9. The first-order valence-corrected chi connectivity index (χ1v) is 15.5. The molecule has 2 aromatic rings. The van der Waals surface area contributed by atoms with E-state index in [1.165, 1.54) is 30.8 Å². The van der Waals surface area contributed by atoms with Crippen LogP contribution >= 0.6 is 23.5 Å². The number of anilines is 2. The molecule has 0 bridgehead atoms. The molecule has 1 aromatic carbocycles. The van der Waals surface area contributed by atoms with Crippen LogP contribution in [0, 0.1) is 0 Å². The van der Waals surface area contributed by atoms with Crippen LogP contribution in [-0.2, 0) is 21.2 Å². The fraction of sp³-hybridized carbons (Fsp3) is 0.458. The standard InChI is InChI=1S/C24H29N5O5S3/c1-28(37(32,33)21-4-2-3-5-25-21)20-12-17(34-15-22(30)31)10-16-11-19(27-23(16)20)24-26-13-18(36-24)14-29-6-8-35-9-7-29/h2-5,10,12,18-19,27H,6-9,11,13-15H2,1H3,(H,30,31). The summed E-state index contributed by atoms with van der Waals surface area (Å²) in [6.07, 6.45) is 2.03. The molecule has 2 atom stereocenters. The van der Waals surface area contributed by atoms with Crippen molar-refractivity contribution in [3.05, 3.63) is 42.1 Å². The molecular weight excluding hydrogens is 534 g/mol. The zero-order valence-electron chi connectivity index (χ0n) is 20.4. The number of aromatic nitrogens is 1. The summed E-state index contributed by atoms with van der Waals surface area (Å²) in [4.78, 5) is 22.5. The Balaban J connectivity index is 1.37. The van der Waals surface area contributed by atoms with Gasteiger partial charge in [0.25, 0.3) is 10.0 Å². The van der Waals surface area contributed by atoms with Crippen molar-refractivity contribution in [2.75, 3.05) is 61.0 Å². The number of nitrogens with zero attached hydrogens (tertiary/aromatic N) is 4. The van der Waals surface area contributed by atoms with Gasteiger partial charge in [0.15, 0.2) is 11.6 Å². The van der Waals surface area contributed by atoms with Crippen molar-refractivity contribution in [2.24, 2.45) is 4.99 Å². The lowest BCUT2D eigenvalue weighted by Gasteiger charge is -2.28. The maximum absolute atomic E-state index is 13.3. The normalized spacial score (nSPS) is 21.7. The second-order valence-electron chi connectivity index (χ2n) is 9.03. The van der Waals surface area contributed by atoms with Gasteiger partial charge in [0, 0.05) is 62.1 Å². The van der Waals surface area contributed by atoms with E-state index in [-0.39, 0.29) is 11.1 Å². The Kier molecular flexibility index (Phi) is 7.84. The number of ether oxygens (including phenoxy) is 1. The third kappa shape index (κ3) is 5.84. The number of benzene rings is 1. The van der Waals surface area contributed by atoms with E-state index >= 15 is 0 Å². The summed E-state index contributed by atoms with van der Waals surface area (Å²) in [6.45, 7) is 3.49. The fourth-order valence-corrected chi connectivity index (χ4v) is 7.96. The van der Waals surface area contributed by atoms with Crippen LogP contribution in [0.5, 0.6) is 5.75 Å². The Bertz CT molecular complexity index is 1290. The van der Waals surface area contributed by atoms with Gasteiger partial charge in [-0.1, -0.05) is 6.07 Å². The highest BCUT2D eigenvalue weighted by atomic mass is 32.2. The van der Waals surface area contributed by atoms with E-state index < -0.39 is 22.6 Å². The minimum atomic E-state index is -3.96. The van der Waals surface area contributed by atoms with Crippen LogP contribution in [0.2, 0.25) is 0 Å². The molecule has 0 radical (unpaired) electrons. The first-order chi connectivity index (χ1) is 17.8. The molecule has 1 fully saturated rings. The Morgan fingerprint density at radius 1 is 1.30 bits per heavy atom. The highest BCUT2D eigenvalue weighted by Crippen LogP contribution is 2.42. The zero-order valence-corrected chi connectivity index (χ0v) is 22.8.